The molecule has 0 saturated carbocycles. The first-order valence-electron chi connectivity index (χ1n) is 14.0. The van der Waals surface area contributed by atoms with Crippen molar-refractivity contribution in [2.75, 3.05) is 36.5 Å². The summed E-state index contributed by atoms with van der Waals surface area (Å²) in [5.74, 6) is 0.475. The number of carbonyl (C=O) groups excluding carboxylic acids is 1. The van der Waals surface area contributed by atoms with Crippen LogP contribution in [0.25, 0.3) is 0 Å². The zero-order valence-corrected chi connectivity index (χ0v) is 24.0. The highest BCUT2D eigenvalue weighted by atomic mass is 19.4. The van der Waals surface area contributed by atoms with Gasteiger partial charge in [0.25, 0.3) is 0 Å². The highest BCUT2D eigenvalue weighted by Gasteiger charge is 2.34. The van der Waals surface area contributed by atoms with E-state index in [0.717, 1.165) is 47.6 Å². The third kappa shape index (κ3) is 5.41. The monoisotopic (exact) mass is 574 g/mol. The van der Waals surface area contributed by atoms with Gasteiger partial charge in [-0.1, -0.05) is 30.3 Å². The van der Waals surface area contributed by atoms with E-state index in [4.69, 9.17) is 9.47 Å². The summed E-state index contributed by atoms with van der Waals surface area (Å²) in [5, 5.41) is 0. The van der Waals surface area contributed by atoms with E-state index in [9.17, 15) is 18.0 Å². The number of hydrogen-bond donors (Lipinski definition) is 0. The topological polar surface area (TPSA) is 42.0 Å². The summed E-state index contributed by atoms with van der Waals surface area (Å²) >= 11 is 0. The SMILES string of the molecule is CCN(CC)c1ccc2c(c1)Oc1ccc(N(CC)c3cccc(C(F)(F)F)c3)cc1C2c1ccccc1C(=O)OC. The Morgan fingerprint density at radius 2 is 1.48 bits per heavy atom. The van der Waals surface area contributed by atoms with E-state index >= 15 is 0 Å². The number of fused-ring (bicyclic) bond motifs is 2. The third-order valence-corrected chi connectivity index (χ3v) is 7.75. The largest absolute Gasteiger partial charge is 0.465 e. The summed E-state index contributed by atoms with van der Waals surface area (Å²) in [7, 11) is 1.35. The molecular weight excluding hydrogens is 541 g/mol. The third-order valence-electron chi connectivity index (χ3n) is 7.75. The first kappa shape index (κ1) is 29.0. The number of hydrogen-bond acceptors (Lipinski definition) is 5. The number of nitrogens with zero attached hydrogens (tertiary/aromatic N) is 2. The second kappa shape index (κ2) is 11.8. The molecule has 1 aliphatic rings. The van der Waals surface area contributed by atoms with Gasteiger partial charge in [-0.25, -0.2) is 4.79 Å². The van der Waals surface area contributed by atoms with Crippen LogP contribution in [0.3, 0.4) is 0 Å². The molecule has 0 saturated heterocycles. The van der Waals surface area contributed by atoms with Crippen LogP contribution in [-0.2, 0) is 10.9 Å². The fraction of sp³-hybridized carbons (Fsp3) is 0.265. The standard InChI is InChI=1S/C34H33F3N2O3/c1-5-38(6-2)23-15-17-28-31(21-23)42-30-18-16-25(39(7-3)24-12-10-11-22(19-24)34(35,36)37)20-29(30)32(28)26-13-8-9-14-27(26)33(40)41-4/h8-21,32H,5-7H2,1-4H3. The zero-order chi connectivity index (χ0) is 30.0. The van der Waals surface area contributed by atoms with Gasteiger partial charge in [0.05, 0.1) is 18.2 Å². The second-order valence-electron chi connectivity index (χ2n) is 10.0. The maximum atomic E-state index is 13.5. The number of methoxy groups -OCH3 is 1. The van der Waals surface area contributed by atoms with Crippen LogP contribution in [0.5, 0.6) is 11.5 Å². The minimum Gasteiger partial charge on any atom is -0.465 e. The normalized spacial score (nSPS) is 13.9. The Balaban J connectivity index is 1.68. The van der Waals surface area contributed by atoms with Crippen LogP contribution in [0.1, 0.15) is 59.3 Å². The lowest BCUT2D eigenvalue weighted by molar-refractivity contribution is -0.137. The average molecular weight is 575 g/mol. The van der Waals surface area contributed by atoms with Gasteiger partial charge >= 0.3 is 12.1 Å². The molecule has 0 N–H and O–H groups in total. The van der Waals surface area contributed by atoms with Crippen molar-refractivity contribution >= 4 is 23.0 Å². The first-order valence-corrected chi connectivity index (χ1v) is 14.0. The molecule has 0 aliphatic carbocycles. The van der Waals surface area contributed by atoms with Gasteiger partial charge in [0.15, 0.2) is 0 Å². The highest BCUT2D eigenvalue weighted by molar-refractivity contribution is 5.92. The molecule has 0 amide bonds. The van der Waals surface area contributed by atoms with E-state index in [2.05, 4.69) is 24.8 Å². The summed E-state index contributed by atoms with van der Waals surface area (Å²) < 4.78 is 52.2. The Morgan fingerprint density at radius 3 is 2.17 bits per heavy atom. The minimum atomic E-state index is -4.45. The second-order valence-corrected chi connectivity index (χ2v) is 10.0. The molecule has 1 aliphatic heterocycles. The molecule has 0 radical (unpaired) electrons. The Hall–Kier alpha value is -4.46. The lowest BCUT2D eigenvalue weighted by atomic mass is 9.80. The molecule has 0 aromatic heterocycles. The summed E-state index contributed by atoms with van der Waals surface area (Å²) in [6.07, 6.45) is -4.45. The van der Waals surface area contributed by atoms with Crippen LogP contribution in [0.2, 0.25) is 0 Å². The molecule has 1 heterocycles. The number of benzene rings is 4. The van der Waals surface area contributed by atoms with Crippen LogP contribution < -0.4 is 14.5 Å². The number of anilines is 3. The Morgan fingerprint density at radius 1 is 0.762 bits per heavy atom. The van der Waals surface area contributed by atoms with Crippen molar-refractivity contribution in [3.63, 3.8) is 0 Å². The molecule has 1 atom stereocenters. The van der Waals surface area contributed by atoms with Gasteiger partial charge in [-0.05, 0) is 74.9 Å². The first-order chi connectivity index (χ1) is 20.2. The number of ether oxygens (including phenoxy) is 2. The molecule has 1 unspecified atom stereocenters. The minimum absolute atomic E-state index is 0.384. The maximum Gasteiger partial charge on any atom is 0.416 e. The van der Waals surface area contributed by atoms with E-state index in [1.54, 1.807) is 18.2 Å². The van der Waals surface area contributed by atoms with Crippen LogP contribution >= 0.6 is 0 Å². The van der Waals surface area contributed by atoms with E-state index in [0.29, 0.717) is 35.0 Å². The molecule has 5 nitrogen and oxygen atoms in total. The van der Waals surface area contributed by atoms with Gasteiger partial charge in [-0.3, -0.25) is 0 Å². The van der Waals surface area contributed by atoms with E-state index in [-0.39, 0.29) is 5.92 Å². The fourth-order valence-electron chi connectivity index (χ4n) is 5.69. The lowest BCUT2D eigenvalue weighted by Crippen LogP contribution is -2.22. The molecule has 0 spiro atoms. The summed E-state index contributed by atoms with van der Waals surface area (Å²) in [6.45, 7) is 8.21. The molecule has 4 aromatic carbocycles. The number of alkyl halides is 3. The average Bonchev–Trinajstić information content (AvgIpc) is 3.00. The van der Waals surface area contributed by atoms with Crippen LogP contribution in [-0.4, -0.2) is 32.7 Å². The van der Waals surface area contributed by atoms with E-state index in [1.807, 2.05) is 54.3 Å². The van der Waals surface area contributed by atoms with Crippen molar-refractivity contribution in [2.45, 2.75) is 32.9 Å². The fourth-order valence-corrected chi connectivity index (χ4v) is 5.69. The van der Waals surface area contributed by atoms with Crippen molar-refractivity contribution in [2.24, 2.45) is 0 Å². The predicted molar refractivity (Wildman–Crippen MR) is 159 cm³/mol. The number of esters is 1. The molecular formula is C34H33F3N2O3. The van der Waals surface area contributed by atoms with Gasteiger partial charge in [0.2, 0.25) is 0 Å². The Kier molecular flexibility index (Phi) is 8.16. The van der Waals surface area contributed by atoms with Crippen LogP contribution in [0.15, 0.2) is 84.9 Å². The molecule has 0 bridgehead atoms. The zero-order valence-electron chi connectivity index (χ0n) is 24.0. The lowest BCUT2D eigenvalue weighted by Gasteiger charge is -2.33. The number of halogens is 3. The summed E-state index contributed by atoms with van der Waals surface area (Å²) in [4.78, 5) is 16.9. The quantitative estimate of drug-likeness (QED) is 0.173. The van der Waals surface area contributed by atoms with Gasteiger partial charge in [0.1, 0.15) is 11.5 Å². The van der Waals surface area contributed by atoms with Crippen LogP contribution in [0.4, 0.5) is 30.2 Å². The summed E-state index contributed by atoms with van der Waals surface area (Å²) in [5.41, 5.74) is 4.34. The number of rotatable bonds is 8. The molecule has 5 rings (SSSR count). The molecule has 42 heavy (non-hydrogen) atoms. The molecule has 218 valence electrons. The molecule has 4 aromatic rings. The van der Waals surface area contributed by atoms with Crippen molar-refractivity contribution in [1.29, 1.82) is 0 Å². The smallest absolute Gasteiger partial charge is 0.416 e. The van der Waals surface area contributed by atoms with Gasteiger partial charge in [-0.2, -0.15) is 13.2 Å². The predicted octanol–water partition coefficient (Wildman–Crippen LogP) is 8.78. The Bertz CT molecular complexity index is 1600. The number of carbonyl (C=O) groups is 1. The highest BCUT2D eigenvalue weighted by Crippen LogP contribution is 2.50. The van der Waals surface area contributed by atoms with E-state index in [1.165, 1.54) is 13.2 Å². The van der Waals surface area contributed by atoms with Crippen molar-refractivity contribution in [1.82, 2.24) is 0 Å². The van der Waals surface area contributed by atoms with E-state index < -0.39 is 17.7 Å². The summed E-state index contributed by atoms with van der Waals surface area (Å²) in [6, 6.07) is 24.4. The van der Waals surface area contributed by atoms with Crippen molar-refractivity contribution < 1.29 is 27.4 Å². The van der Waals surface area contributed by atoms with Crippen LogP contribution in [0, 0.1) is 0 Å². The van der Waals surface area contributed by atoms with Crippen molar-refractivity contribution in [3.8, 4) is 11.5 Å². The molecule has 8 heteroatoms. The maximum absolute atomic E-state index is 13.5. The molecule has 0 fully saturated rings. The van der Waals surface area contributed by atoms with Gasteiger partial charge in [-0.15, -0.1) is 0 Å². The van der Waals surface area contributed by atoms with Gasteiger partial charge < -0.3 is 19.3 Å². The van der Waals surface area contributed by atoms with Gasteiger partial charge in [0, 0.05) is 59.8 Å². The van der Waals surface area contributed by atoms with Crippen molar-refractivity contribution in [3.05, 3.63) is 113 Å². The Labute approximate surface area is 244 Å².